The summed E-state index contributed by atoms with van der Waals surface area (Å²) in [7, 11) is 0. The number of rotatable bonds is 3. The molecule has 5 nitrogen and oxygen atoms in total. The Morgan fingerprint density at radius 2 is 1.90 bits per heavy atom. The number of anilines is 1. The predicted molar refractivity (Wildman–Crippen MR) is 84.8 cm³/mol. The Labute approximate surface area is 121 Å². The monoisotopic (exact) mass is 278 g/mol. The molecule has 2 N–H and O–H groups in total. The first-order valence-electron chi connectivity index (χ1n) is 6.57. The van der Waals surface area contributed by atoms with Gasteiger partial charge in [-0.2, -0.15) is 5.10 Å². The lowest BCUT2D eigenvalue weighted by molar-refractivity contribution is 1.19. The summed E-state index contributed by atoms with van der Waals surface area (Å²) >= 11 is 0. The first kappa shape index (κ1) is 13.1. The van der Waals surface area contributed by atoms with Crippen molar-refractivity contribution in [3.05, 3.63) is 70.1 Å². The highest BCUT2D eigenvalue weighted by Crippen LogP contribution is 2.08. The zero-order chi connectivity index (χ0) is 14.7. The van der Waals surface area contributed by atoms with Crippen molar-refractivity contribution in [2.75, 3.05) is 5.43 Å². The van der Waals surface area contributed by atoms with Gasteiger partial charge >= 0.3 is 0 Å². The summed E-state index contributed by atoms with van der Waals surface area (Å²) in [4.78, 5) is 18.9. The topological polar surface area (TPSA) is 70.1 Å². The second-order valence-corrected chi connectivity index (χ2v) is 4.70. The molecule has 1 heterocycles. The van der Waals surface area contributed by atoms with E-state index in [0.29, 0.717) is 5.52 Å². The van der Waals surface area contributed by atoms with Gasteiger partial charge in [0.15, 0.2) is 0 Å². The van der Waals surface area contributed by atoms with Crippen LogP contribution in [0.25, 0.3) is 11.0 Å². The quantitative estimate of drug-likeness (QED) is 0.571. The summed E-state index contributed by atoms with van der Waals surface area (Å²) in [5.41, 5.74) is 6.36. The van der Waals surface area contributed by atoms with Crippen molar-refractivity contribution >= 4 is 22.9 Å². The molecule has 3 rings (SSSR count). The Balaban J connectivity index is 1.84. The first-order valence-corrected chi connectivity index (χ1v) is 6.57. The number of aryl methyl sites for hydroxylation is 1. The van der Waals surface area contributed by atoms with E-state index in [9.17, 15) is 4.79 Å². The molecule has 0 aliphatic carbocycles. The largest absolute Gasteiger partial charge is 0.319 e. The molecule has 0 saturated carbocycles. The smallest absolute Gasteiger partial charge is 0.276 e. The Hall–Kier alpha value is -2.95. The van der Waals surface area contributed by atoms with Crippen molar-refractivity contribution in [1.29, 1.82) is 0 Å². The highest BCUT2D eigenvalue weighted by molar-refractivity contribution is 5.82. The van der Waals surface area contributed by atoms with Crippen LogP contribution in [0.2, 0.25) is 0 Å². The first-order chi connectivity index (χ1) is 10.2. The van der Waals surface area contributed by atoms with Crippen LogP contribution in [-0.2, 0) is 0 Å². The lowest BCUT2D eigenvalue weighted by Gasteiger charge is -2.00. The van der Waals surface area contributed by atoms with Gasteiger partial charge in [0.25, 0.3) is 5.56 Å². The van der Waals surface area contributed by atoms with E-state index in [0.717, 1.165) is 11.2 Å². The van der Waals surface area contributed by atoms with E-state index < -0.39 is 0 Å². The molecule has 2 aromatic carbocycles. The fraction of sp³-hybridized carbons (Fsp3) is 0.0625. The van der Waals surface area contributed by atoms with E-state index in [-0.39, 0.29) is 11.3 Å². The number of aromatic amines is 1. The van der Waals surface area contributed by atoms with Gasteiger partial charge < -0.3 is 4.98 Å². The Kier molecular flexibility index (Phi) is 3.47. The zero-order valence-corrected chi connectivity index (χ0v) is 11.5. The molecule has 21 heavy (non-hydrogen) atoms. The SMILES string of the molecule is Cc1ccc(N/N=C\c2nc3ccccc3[nH]c2=O)cc1. The van der Waals surface area contributed by atoms with Crippen LogP contribution in [0.4, 0.5) is 5.69 Å². The molecular formula is C16H14N4O. The lowest BCUT2D eigenvalue weighted by Crippen LogP contribution is -2.15. The maximum atomic E-state index is 11.9. The number of hydrogen-bond acceptors (Lipinski definition) is 4. The van der Waals surface area contributed by atoms with Gasteiger partial charge in [-0.25, -0.2) is 4.98 Å². The maximum absolute atomic E-state index is 11.9. The minimum atomic E-state index is -0.261. The van der Waals surface area contributed by atoms with Crippen molar-refractivity contribution in [3.63, 3.8) is 0 Å². The van der Waals surface area contributed by atoms with Crippen LogP contribution in [0.1, 0.15) is 11.3 Å². The fourth-order valence-electron chi connectivity index (χ4n) is 1.93. The molecule has 0 unspecified atom stereocenters. The van der Waals surface area contributed by atoms with Gasteiger partial charge in [-0.3, -0.25) is 10.2 Å². The molecule has 0 radical (unpaired) electrons. The van der Waals surface area contributed by atoms with Gasteiger partial charge in [0.05, 0.1) is 22.9 Å². The molecule has 0 fully saturated rings. The number of nitrogens with one attached hydrogen (secondary N) is 2. The average Bonchev–Trinajstić information content (AvgIpc) is 2.50. The van der Waals surface area contributed by atoms with E-state index in [2.05, 4.69) is 20.5 Å². The zero-order valence-electron chi connectivity index (χ0n) is 11.5. The van der Waals surface area contributed by atoms with Crippen molar-refractivity contribution in [2.24, 2.45) is 5.10 Å². The van der Waals surface area contributed by atoms with Crippen LogP contribution in [0.5, 0.6) is 0 Å². The third-order valence-corrected chi connectivity index (χ3v) is 3.06. The summed E-state index contributed by atoms with van der Waals surface area (Å²) in [6.07, 6.45) is 1.42. The number of H-pyrrole nitrogens is 1. The second kappa shape index (κ2) is 5.58. The number of benzene rings is 2. The van der Waals surface area contributed by atoms with E-state index >= 15 is 0 Å². The minimum Gasteiger partial charge on any atom is -0.319 e. The summed E-state index contributed by atoms with van der Waals surface area (Å²) in [5.74, 6) is 0. The highest BCUT2D eigenvalue weighted by atomic mass is 16.1. The highest BCUT2D eigenvalue weighted by Gasteiger charge is 2.01. The van der Waals surface area contributed by atoms with Crippen molar-refractivity contribution in [3.8, 4) is 0 Å². The van der Waals surface area contributed by atoms with E-state index in [1.807, 2.05) is 55.5 Å². The lowest BCUT2D eigenvalue weighted by atomic mass is 10.2. The predicted octanol–water partition coefficient (Wildman–Crippen LogP) is 2.68. The van der Waals surface area contributed by atoms with Crippen LogP contribution in [0.15, 0.2) is 58.4 Å². The van der Waals surface area contributed by atoms with Crippen molar-refractivity contribution in [2.45, 2.75) is 6.92 Å². The number of para-hydroxylation sites is 2. The second-order valence-electron chi connectivity index (χ2n) is 4.70. The van der Waals surface area contributed by atoms with Gasteiger partial charge in [-0.1, -0.05) is 29.8 Å². The van der Waals surface area contributed by atoms with Gasteiger partial charge in [0.2, 0.25) is 0 Å². The van der Waals surface area contributed by atoms with E-state index in [1.165, 1.54) is 11.8 Å². The summed E-state index contributed by atoms with van der Waals surface area (Å²) < 4.78 is 0. The summed E-state index contributed by atoms with van der Waals surface area (Å²) in [5, 5.41) is 4.05. The molecule has 1 aromatic heterocycles. The van der Waals surface area contributed by atoms with Crippen LogP contribution in [0.3, 0.4) is 0 Å². The Bertz CT molecular complexity index is 850. The molecule has 0 atom stereocenters. The summed E-state index contributed by atoms with van der Waals surface area (Å²) in [6.45, 7) is 2.02. The maximum Gasteiger partial charge on any atom is 0.276 e. The van der Waals surface area contributed by atoms with Gasteiger partial charge in [0, 0.05) is 0 Å². The van der Waals surface area contributed by atoms with Gasteiger partial charge in [-0.05, 0) is 31.2 Å². The summed E-state index contributed by atoms with van der Waals surface area (Å²) in [6, 6.07) is 15.2. The molecule has 0 aliphatic rings. The molecule has 0 spiro atoms. The third-order valence-electron chi connectivity index (χ3n) is 3.06. The van der Waals surface area contributed by atoms with E-state index in [1.54, 1.807) is 0 Å². The number of hydrazone groups is 1. The molecular weight excluding hydrogens is 264 g/mol. The molecule has 5 heteroatoms. The normalized spacial score (nSPS) is 11.1. The molecule has 3 aromatic rings. The fourth-order valence-corrected chi connectivity index (χ4v) is 1.93. The third kappa shape index (κ3) is 2.97. The molecule has 104 valence electrons. The number of fused-ring (bicyclic) bond motifs is 1. The van der Waals surface area contributed by atoms with Gasteiger partial charge in [0.1, 0.15) is 5.69 Å². The standard InChI is InChI=1S/C16H14N4O/c1-11-6-8-12(9-7-11)20-17-10-15-16(21)19-14-5-3-2-4-13(14)18-15/h2-10,20H,1H3,(H,19,21)/b17-10-. The van der Waals surface area contributed by atoms with Crippen LogP contribution >= 0.6 is 0 Å². The van der Waals surface area contributed by atoms with Gasteiger partial charge in [-0.15, -0.1) is 0 Å². The van der Waals surface area contributed by atoms with Crippen LogP contribution < -0.4 is 11.0 Å². The number of hydrogen-bond donors (Lipinski definition) is 2. The minimum absolute atomic E-state index is 0.261. The molecule has 0 amide bonds. The Morgan fingerprint density at radius 1 is 1.14 bits per heavy atom. The van der Waals surface area contributed by atoms with Crippen molar-refractivity contribution < 1.29 is 0 Å². The van der Waals surface area contributed by atoms with Crippen molar-refractivity contribution in [1.82, 2.24) is 9.97 Å². The molecule has 0 bridgehead atoms. The number of nitrogens with zero attached hydrogens (tertiary/aromatic N) is 2. The number of aromatic nitrogens is 2. The van der Waals surface area contributed by atoms with Crippen LogP contribution in [0, 0.1) is 6.92 Å². The Morgan fingerprint density at radius 3 is 2.71 bits per heavy atom. The molecule has 0 saturated heterocycles. The average molecular weight is 278 g/mol. The molecule has 0 aliphatic heterocycles. The van der Waals surface area contributed by atoms with E-state index in [4.69, 9.17) is 0 Å². The van der Waals surface area contributed by atoms with Crippen LogP contribution in [-0.4, -0.2) is 16.2 Å².